The Kier molecular flexibility index (Phi) is 4.15. The van der Waals surface area contributed by atoms with E-state index in [0.717, 1.165) is 23.6 Å². The van der Waals surface area contributed by atoms with Gasteiger partial charge in [0.25, 0.3) is 0 Å². The van der Waals surface area contributed by atoms with Crippen molar-refractivity contribution < 1.29 is 4.80 Å². The minimum atomic E-state index is -2.11. The van der Waals surface area contributed by atoms with Crippen LogP contribution >= 0.6 is 11.6 Å². The molecule has 0 aromatic carbocycles. The quantitative estimate of drug-likeness (QED) is 0.836. The number of hydrogen-bond donors (Lipinski definition) is 1. The lowest BCUT2D eigenvalue weighted by Gasteiger charge is -2.35. The molecule has 0 fully saturated rings. The first-order valence-corrected chi connectivity index (χ1v) is 8.88. The van der Waals surface area contributed by atoms with E-state index < -0.39 is 8.32 Å². The third kappa shape index (κ3) is 3.58. The second-order valence-corrected chi connectivity index (χ2v) is 10.3. The highest BCUT2D eigenvalue weighted by Crippen LogP contribution is 2.39. The fourth-order valence-electron chi connectivity index (χ4n) is 1.33. The van der Waals surface area contributed by atoms with Gasteiger partial charge in [-0.15, -0.1) is 0 Å². The maximum absolute atomic E-state index is 10.2. The Balaban J connectivity index is 2.65. The van der Waals surface area contributed by atoms with Crippen LogP contribution in [0.4, 0.5) is 0 Å². The van der Waals surface area contributed by atoms with Crippen molar-refractivity contribution in [3.8, 4) is 0 Å². The molecule has 90 valence electrons. The summed E-state index contributed by atoms with van der Waals surface area (Å²) in [6.07, 6.45) is 3.53. The molecule has 0 radical (unpaired) electrons. The standard InChI is InChI=1S/C12H20ClNOSi/c1-12(2,16(3,4)15)7-5-11-9-10(13)6-8-14-11/h6,8-9,15H,5,7H2,1-4H3. The molecule has 4 heteroatoms. The van der Waals surface area contributed by atoms with E-state index in [9.17, 15) is 4.80 Å². The van der Waals surface area contributed by atoms with Crippen molar-refractivity contribution in [1.29, 1.82) is 0 Å². The Morgan fingerprint density at radius 1 is 1.44 bits per heavy atom. The van der Waals surface area contributed by atoms with Gasteiger partial charge < -0.3 is 4.80 Å². The van der Waals surface area contributed by atoms with Crippen LogP contribution in [0.3, 0.4) is 0 Å². The maximum Gasteiger partial charge on any atom is 0.188 e. The summed E-state index contributed by atoms with van der Waals surface area (Å²) in [4.78, 5) is 14.4. The Labute approximate surface area is 104 Å². The van der Waals surface area contributed by atoms with E-state index in [1.165, 1.54) is 0 Å². The summed E-state index contributed by atoms with van der Waals surface area (Å²) in [5, 5.41) is 0.722. The molecule has 0 bridgehead atoms. The Morgan fingerprint density at radius 2 is 2.06 bits per heavy atom. The van der Waals surface area contributed by atoms with Crippen molar-refractivity contribution >= 4 is 19.9 Å². The summed E-state index contributed by atoms with van der Waals surface area (Å²) in [6, 6.07) is 3.67. The van der Waals surface area contributed by atoms with Gasteiger partial charge in [0.2, 0.25) is 0 Å². The summed E-state index contributed by atoms with van der Waals surface area (Å²) >= 11 is 5.90. The molecule has 1 aromatic heterocycles. The van der Waals surface area contributed by atoms with E-state index in [1.807, 2.05) is 19.2 Å². The van der Waals surface area contributed by atoms with Gasteiger partial charge in [-0.05, 0) is 43.1 Å². The maximum atomic E-state index is 10.2. The Morgan fingerprint density at radius 3 is 2.56 bits per heavy atom. The minimum Gasteiger partial charge on any atom is -0.432 e. The van der Waals surface area contributed by atoms with Crippen molar-refractivity contribution in [2.45, 2.75) is 44.8 Å². The average molecular weight is 258 g/mol. The van der Waals surface area contributed by atoms with Gasteiger partial charge in [0.1, 0.15) is 0 Å². The zero-order valence-electron chi connectivity index (χ0n) is 10.4. The predicted molar refractivity (Wildman–Crippen MR) is 71.3 cm³/mol. The lowest BCUT2D eigenvalue weighted by atomic mass is 10.0. The van der Waals surface area contributed by atoms with Gasteiger partial charge in [0.05, 0.1) is 0 Å². The summed E-state index contributed by atoms with van der Waals surface area (Å²) in [5.74, 6) is 0. The van der Waals surface area contributed by atoms with Crippen molar-refractivity contribution in [2.24, 2.45) is 0 Å². The van der Waals surface area contributed by atoms with Crippen LogP contribution in [-0.2, 0) is 6.42 Å². The average Bonchev–Trinajstić information content (AvgIpc) is 2.13. The van der Waals surface area contributed by atoms with Crippen LogP contribution in [0.15, 0.2) is 18.3 Å². The van der Waals surface area contributed by atoms with E-state index in [0.29, 0.717) is 0 Å². The fourth-order valence-corrected chi connectivity index (χ4v) is 2.25. The van der Waals surface area contributed by atoms with Crippen LogP contribution in [0.2, 0.25) is 23.2 Å². The first kappa shape index (κ1) is 13.7. The summed E-state index contributed by atoms with van der Waals surface area (Å²) in [7, 11) is -2.11. The third-order valence-corrected chi connectivity index (χ3v) is 7.24. The number of halogens is 1. The molecule has 1 rings (SSSR count). The van der Waals surface area contributed by atoms with Crippen LogP contribution in [-0.4, -0.2) is 18.1 Å². The van der Waals surface area contributed by atoms with Crippen LogP contribution < -0.4 is 0 Å². The number of nitrogens with zero attached hydrogens (tertiary/aromatic N) is 1. The molecule has 2 nitrogen and oxygen atoms in total. The molecule has 0 unspecified atom stereocenters. The molecule has 0 saturated heterocycles. The van der Waals surface area contributed by atoms with Gasteiger partial charge in [0.15, 0.2) is 8.32 Å². The first-order valence-electron chi connectivity index (χ1n) is 5.55. The van der Waals surface area contributed by atoms with Crippen molar-refractivity contribution in [2.75, 3.05) is 0 Å². The molecular weight excluding hydrogens is 238 g/mol. The number of hydrogen-bond acceptors (Lipinski definition) is 2. The van der Waals surface area contributed by atoms with Gasteiger partial charge in [-0.2, -0.15) is 0 Å². The van der Waals surface area contributed by atoms with Crippen LogP contribution in [0.25, 0.3) is 0 Å². The van der Waals surface area contributed by atoms with Crippen LogP contribution in [0.1, 0.15) is 26.0 Å². The molecule has 1 N–H and O–H groups in total. The van der Waals surface area contributed by atoms with E-state index in [1.54, 1.807) is 12.3 Å². The van der Waals surface area contributed by atoms with Gasteiger partial charge >= 0.3 is 0 Å². The second kappa shape index (κ2) is 4.86. The van der Waals surface area contributed by atoms with E-state index in [-0.39, 0.29) is 5.04 Å². The SMILES string of the molecule is CC(C)(CCc1cc(Cl)ccn1)[Si](C)(C)O. The number of aromatic nitrogens is 1. The first-order chi connectivity index (χ1) is 7.22. The number of pyridine rings is 1. The summed E-state index contributed by atoms with van der Waals surface area (Å²) in [5.41, 5.74) is 0.999. The molecule has 1 aromatic rings. The van der Waals surface area contributed by atoms with Gasteiger partial charge in [-0.1, -0.05) is 25.4 Å². The van der Waals surface area contributed by atoms with Gasteiger partial charge in [0, 0.05) is 16.9 Å². The molecule has 0 amide bonds. The molecule has 0 atom stereocenters. The number of aryl methyl sites for hydroxylation is 1. The van der Waals surface area contributed by atoms with Crippen molar-refractivity contribution in [3.63, 3.8) is 0 Å². The molecule has 0 aliphatic heterocycles. The third-order valence-electron chi connectivity index (χ3n) is 3.44. The molecule has 0 spiro atoms. The van der Waals surface area contributed by atoms with Crippen molar-refractivity contribution in [3.05, 3.63) is 29.0 Å². The van der Waals surface area contributed by atoms with E-state index in [2.05, 4.69) is 18.8 Å². The van der Waals surface area contributed by atoms with E-state index >= 15 is 0 Å². The van der Waals surface area contributed by atoms with Crippen LogP contribution in [0.5, 0.6) is 0 Å². The zero-order chi connectivity index (χ0) is 12.4. The van der Waals surface area contributed by atoms with Crippen molar-refractivity contribution in [1.82, 2.24) is 4.98 Å². The highest BCUT2D eigenvalue weighted by Gasteiger charge is 2.37. The summed E-state index contributed by atoms with van der Waals surface area (Å²) < 4.78 is 0. The monoisotopic (exact) mass is 257 g/mol. The molecule has 0 saturated carbocycles. The highest BCUT2D eigenvalue weighted by molar-refractivity contribution is 6.72. The Hall–Kier alpha value is -0.383. The van der Waals surface area contributed by atoms with Gasteiger partial charge in [-0.3, -0.25) is 4.98 Å². The lowest BCUT2D eigenvalue weighted by Crippen LogP contribution is -2.39. The predicted octanol–water partition coefficient (Wildman–Crippen LogP) is 3.65. The zero-order valence-corrected chi connectivity index (χ0v) is 12.2. The van der Waals surface area contributed by atoms with Crippen LogP contribution in [0, 0.1) is 0 Å². The number of rotatable bonds is 4. The highest BCUT2D eigenvalue weighted by atomic mass is 35.5. The lowest BCUT2D eigenvalue weighted by molar-refractivity contribution is 0.450. The fraction of sp³-hybridized carbons (Fsp3) is 0.583. The molecular formula is C12H20ClNOSi. The largest absolute Gasteiger partial charge is 0.432 e. The molecule has 0 aliphatic rings. The minimum absolute atomic E-state index is 0.00298. The normalized spacial score (nSPS) is 12.9. The Bertz CT molecular complexity index is 360. The smallest absolute Gasteiger partial charge is 0.188 e. The van der Waals surface area contributed by atoms with E-state index in [4.69, 9.17) is 11.6 Å². The molecule has 16 heavy (non-hydrogen) atoms. The second-order valence-electron chi connectivity index (χ2n) is 5.41. The summed E-state index contributed by atoms with van der Waals surface area (Å²) in [6.45, 7) is 8.23. The topological polar surface area (TPSA) is 33.1 Å². The molecule has 0 aliphatic carbocycles. The molecule has 1 heterocycles. The van der Waals surface area contributed by atoms with Gasteiger partial charge in [-0.25, -0.2) is 0 Å².